The Balaban J connectivity index is 1.74. The number of piperazine rings is 1. The highest BCUT2D eigenvalue weighted by molar-refractivity contribution is 6.44. The van der Waals surface area contributed by atoms with Crippen LogP contribution >= 0.6 is 23.2 Å². The van der Waals surface area contributed by atoms with Crippen molar-refractivity contribution in [1.29, 1.82) is 0 Å². The Labute approximate surface area is 163 Å². The van der Waals surface area contributed by atoms with E-state index < -0.39 is 0 Å². The van der Waals surface area contributed by atoms with Gasteiger partial charge in [-0.25, -0.2) is 0 Å². The van der Waals surface area contributed by atoms with Crippen molar-refractivity contribution in [3.8, 4) is 5.75 Å². The number of nitrogens with one attached hydrogen (secondary N) is 2. The van der Waals surface area contributed by atoms with Crippen molar-refractivity contribution in [2.24, 2.45) is 0 Å². The molecule has 1 aliphatic rings. The van der Waals surface area contributed by atoms with Crippen molar-refractivity contribution in [3.63, 3.8) is 0 Å². The van der Waals surface area contributed by atoms with E-state index >= 15 is 0 Å². The zero-order valence-electron chi connectivity index (χ0n) is 14.5. The molecule has 1 amide bonds. The van der Waals surface area contributed by atoms with Crippen LogP contribution in [0.2, 0.25) is 10.0 Å². The molecule has 1 fully saturated rings. The average molecular weight is 394 g/mol. The SMILES string of the molecule is COc1ccccc1C1CNCCN1CC(=O)Nc1cccc(Cl)c1Cl. The molecule has 138 valence electrons. The maximum Gasteiger partial charge on any atom is 0.238 e. The van der Waals surface area contributed by atoms with Crippen LogP contribution in [0.1, 0.15) is 11.6 Å². The number of para-hydroxylation sites is 1. The van der Waals surface area contributed by atoms with E-state index in [-0.39, 0.29) is 18.5 Å². The molecular formula is C19H21Cl2N3O2. The zero-order valence-corrected chi connectivity index (χ0v) is 16.0. The third kappa shape index (κ3) is 4.30. The van der Waals surface area contributed by atoms with Crippen LogP contribution in [0.3, 0.4) is 0 Å². The molecule has 0 aromatic heterocycles. The topological polar surface area (TPSA) is 53.6 Å². The minimum absolute atomic E-state index is 0.0560. The summed E-state index contributed by atoms with van der Waals surface area (Å²) in [6, 6.07) is 13.1. The first-order chi connectivity index (χ1) is 12.6. The Morgan fingerprint density at radius 1 is 1.27 bits per heavy atom. The second kappa shape index (κ2) is 8.73. The van der Waals surface area contributed by atoms with E-state index in [1.54, 1.807) is 25.3 Å². The lowest BCUT2D eigenvalue weighted by Crippen LogP contribution is -2.48. The van der Waals surface area contributed by atoms with Gasteiger partial charge in [0.1, 0.15) is 5.75 Å². The van der Waals surface area contributed by atoms with E-state index in [1.165, 1.54) is 0 Å². The molecule has 0 aliphatic carbocycles. The molecule has 2 aromatic carbocycles. The Morgan fingerprint density at radius 3 is 2.88 bits per heavy atom. The number of carbonyl (C=O) groups excluding carboxylic acids is 1. The molecule has 1 atom stereocenters. The molecule has 2 N–H and O–H groups in total. The fourth-order valence-corrected chi connectivity index (χ4v) is 3.51. The number of amides is 1. The van der Waals surface area contributed by atoms with Crippen molar-refractivity contribution in [2.45, 2.75) is 6.04 Å². The predicted octanol–water partition coefficient (Wildman–Crippen LogP) is 3.59. The van der Waals surface area contributed by atoms with Crippen LogP contribution in [-0.4, -0.2) is 44.1 Å². The summed E-state index contributed by atoms with van der Waals surface area (Å²) in [5.74, 6) is 0.695. The molecule has 1 saturated heterocycles. The maximum absolute atomic E-state index is 12.6. The van der Waals surface area contributed by atoms with Crippen molar-refractivity contribution in [1.82, 2.24) is 10.2 Å². The molecule has 0 saturated carbocycles. The molecule has 7 heteroatoms. The number of methoxy groups -OCH3 is 1. The van der Waals surface area contributed by atoms with Gasteiger partial charge in [-0.15, -0.1) is 0 Å². The Morgan fingerprint density at radius 2 is 2.08 bits per heavy atom. The summed E-state index contributed by atoms with van der Waals surface area (Å²) in [7, 11) is 1.66. The minimum Gasteiger partial charge on any atom is -0.496 e. The first-order valence-corrected chi connectivity index (χ1v) is 9.17. The number of carbonyl (C=O) groups is 1. The van der Waals surface area contributed by atoms with Gasteiger partial charge in [-0.3, -0.25) is 9.69 Å². The van der Waals surface area contributed by atoms with Crippen molar-refractivity contribution >= 4 is 34.8 Å². The van der Waals surface area contributed by atoms with E-state index in [0.717, 1.165) is 30.9 Å². The van der Waals surface area contributed by atoms with Gasteiger partial charge in [0.25, 0.3) is 0 Å². The lowest BCUT2D eigenvalue weighted by Gasteiger charge is -2.36. The van der Waals surface area contributed by atoms with E-state index in [1.807, 2.05) is 24.3 Å². The highest BCUT2D eigenvalue weighted by Crippen LogP contribution is 2.31. The highest BCUT2D eigenvalue weighted by Gasteiger charge is 2.27. The van der Waals surface area contributed by atoms with Crippen molar-refractivity contribution < 1.29 is 9.53 Å². The smallest absolute Gasteiger partial charge is 0.238 e. The van der Waals surface area contributed by atoms with Crippen LogP contribution < -0.4 is 15.4 Å². The first kappa shape index (κ1) is 19.0. The van der Waals surface area contributed by atoms with Gasteiger partial charge in [0, 0.05) is 25.2 Å². The molecule has 26 heavy (non-hydrogen) atoms. The molecule has 2 aromatic rings. The summed E-state index contributed by atoms with van der Waals surface area (Å²) in [6.45, 7) is 2.61. The van der Waals surface area contributed by atoms with E-state index in [9.17, 15) is 4.79 Å². The van der Waals surface area contributed by atoms with Gasteiger partial charge in [0.15, 0.2) is 0 Å². The second-order valence-electron chi connectivity index (χ2n) is 6.08. The fraction of sp³-hybridized carbons (Fsp3) is 0.316. The van der Waals surface area contributed by atoms with Crippen LogP contribution in [-0.2, 0) is 4.79 Å². The Hall–Kier alpha value is -1.79. The monoisotopic (exact) mass is 393 g/mol. The standard InChI is InChI=1S/C19H21Cl2N3O2/c1-26-17-8-3-2-5-13(17)16-11-22-9-10-24(16)12-18(25)23-15-7-4-6-14(20)19(15)21/h2-8,16,22H,9-12H2,1H3,(H,23,25). The average Bonchev–Trinajstić information content (AvgIpc) is 2.66. The van der Waals surface area contributed by atoms with Crippen LogP contribution in [0.4, 0.5) is 5.69 Å². The number of hydrogen-bond acceptors (Lipinski definition) is 4. The molecule has 1 unspecified atom stereocenters. The second-order valence-corrected chi connectivity index (χ2v) is 6.87. The predicted molar refractivity (Wildman–Crippen MR) is 105 cm³/mol. The minimum atomic E-state index is -0.129. The van der Waals surface area contributed by atoms with Crippen LogP contribution in [0.5, 0.6) is 5.75 Å². The van der Waals surface area contributed by atoms with Crippen LogP contribution in [0, 0.1) is 0 Å². The first-order valence-electron chi connectivity index (χ1n) is 8.41. The van der Waals surface area contributed by atoms with E-state index in [4.69, 9.17) is 27.9 Å². The van der Waals surface area contributed by atoms with E-state index in [0.29, 0.717) is 15.7 Å². The summed E-state index contributed by atoms with van der Waals surface area (Å²) in [5, 5.41) is 7.00. The van der Waals surface area contributed by atoms with Gasteiger partial charge in [-0.05, 0) is 18.2 Å². The number of anilines is 1. The number of ether oxygens (including phenoxy) is 1. The molecule has 0 spiro atoms. The number of rotatable bonds is 5. The van der Waals surface area contributed by atoms with Gasteiger partial charge < -0.3 is 15.4 Å². The highest BCUT2D eigenvalue weighted by atomic mass is 35.5. The van der Waals surface area contributed by atoms with Crippen LogP contribution in [0.25, 0.3) is 0 Å². The summed E-state index contributed by atoms with van der Waals surface area (Å²) in [5.41, 5.74) is 1.59. The molecular weight excluding hydrogens is 373 g/mol. The Bertz CT molecular complexity index is 785. The van der Waals surface area contributed by atoms with Crippen molar-refractivity contribution in [3.05, 3.63) is 58.1 Å². The van der Waals surface area contributed by atoms with Gasteiger partial charge in [-0.2, -0.15) is 0 Å². The third-order valence-corrected chi connectivity index (χ3v) is 5.24. The third-order valence-electron chi connectivity index (χ3n) is 4.42. The molecule has 0 radical (unpaired) electrons. The van der Waals surface area contributed by atoms with Gasteiger partial charge in [-0.1, -0.05) is 47.5 Å². The lowest BCUT2D eigenvalue weighted by molar-refractivity contribution is -0.118. The quantitative estimate of drug-likeness (QED) is 0.814. The maximum atomic E-state index is 12.6. The van der Waals surface area contributed by atoms with Gasteiger partial charge >= 0.3 is 0 Å². The van der Waals surface area contributed by atoms with Gasteiger partial charge in [0.05, 0.1) is 35.4 Å². The zero-order chi connectivity index (χ0) is 18.5. The summed E-state index contributed by atoms with van der Waals surface area (Å²) in [4.78, 5) is 14.7. The Kier molecular flexibility index (Phi) is 6.38. The van der Waals surface area contributed by atoms with Crippen LogP contribution in [0.15, 0.2) is 42.5 Å². The normalized spacial score (nSPS) is 17.7. The van der Waals surface area contributed by atoms with Gasteiger partial charge in [0.2, 0.25) is 5.91 Å². The molecule has 5 nitrogen and oxygen atoms in total. The summed E-state index contributed by atoms with van der Waals surface area (Å²) >= 11 is 12.2. The fourth-order valence-electron chi connectivity index (χ4n) is 3.16. The largest absolute Gasteiger partial charge is 0.496 e. The van der Waals surface area contributed by atoms with E-state index in [2.05, 4.69) is 15.5 Å². The molecule has 1 aliphatic heterocycles. The molecule has 3 rings (SSSR count). The summed E-state index contributed by atoms with van der Waals surface area (Å²) < 4.78 is 5.49. The number of hydrogen-bond donors (Lipinski definition) is 2. The number of benzene rings is 2. The van der Waals surface area contributed by atoms with Crippen molar-refractivity contribution in [2.75, 3.05) is 38.6 Å². The molecule has 0 bridgehead atoms. The molecule has 1 heterocycles. The lowest BCUT2D eigenvalue weighted by atomic mass is 10.0. The number of halogens is 2. The summed E-state index contributed by atoms with van der Waals surface area (Å²) in [6.07, 6.45) is 0. The number of nitrogens with zero attached hydrogens (tertiary/aromatic N) is 1.